The van der Waals surface area contributed by atoms with E-state index in [-0.39, 0.29) is 0 Å². The van der Waals surface area contributed by atoms with E-state index >= 15 is 0 Å². The molecule has 1 saturated heterocycles. The van der Waals surface area contributed by atoms with E-state index in [1.807, 2.05) is 17.5 Å². The first-order valence-corrected chi connectivity index (χ1v) is 14.8. The molecule has 20 heteroatoms. The standard InChI is InChI=1S/C15H18N3O13P3S/c19-12-9(6-28-33(24,25)31-34(26,27)30-32(21,22)23)29-15(13(12)20)18-7-17-11-8(3-4-16-14(11)18)10-2-1-5-35-10/h1-5,7,9,12-13,15,19-20H,6H2,(H,24,25)(H,26,27)(H2,21,22,23)/t9-,12-,13-,15-/m1/s1. The quantitative estimate of drug-likeness (QED) is 0.197. The first kappa shape index (κ1) is 26.7. The average Bonchev–Trinajstić information content (AvgIpc) is 3.45. The Kier molecular flexibility index (Phi) is 7.48. The Balaban J connectivity index is 1.48. The van der Waals surface area contributed by atoms with Crippen molar-refractivity contribution >= 4 is 46.0 Å². The zero-order valence-electron chi connectivity index (χ0n) is 17.1. The number of phosphoric ester groups is 1. The normalized spacial score (nSPS) is 26.6. The molecule has 6 atom stereocenters. The number of phosphoric acid groups is 3. The van der Waals surface area contributed by atoms with E-state index in [4.69, 9.17) is 14.5 Å². The first-order valence-electron chi connectivity index (χ1n) is 9.42. The number of hydrogen-bond acceptors (Lipinski definition) is 12. The van der Waals surface area contributed by atoms with E-state index in [1.54, 1.807) is 6.07 Å². The molecular formula is C15H18N3O13P3S. The third-order valence-electron chi connectivity index (χ3n) is 4.68. The van der Waals surface area contributed by atoms with Crippen molar-refractivity contribution < 1.29 is 61.4 Å². The summed E-state index contributed by atoms with van der Waals surface area (Å²) >= 11 is 1.48. The van der Waals surface area contributed by atoms with Crippen LogP contribution in [0, 0.1) is 0 Å². The van der Waals surface area contributed by atoms with Crippen LogP contribution in [0.25, 0.3) is 21.6 Å². The third-order valence-corrected chi connectivity index (χ3v) is 9.38. The molecule has 4 rings (SSSR count). The first-order chi connectivity index (χ1) is 16.3. The Morgan fingerprint density at radius 1 is 1.03 bits per heavy atom. The van der Waals surface area contributed by atoms with Crippen molar-refractivity contribution in [2.24, 2.45) is 0 Å². The van der Waals surface area contributed by atoms with Gasteiger partial charge in [-0.25, -0.2) is 23.7 Å². The number of ether oxygens (including phenoxy) is 1. The number of aliphatic hydroxyl groups excluding tert-OH is 2. The van der Waals surface area contributed by atoms with Crippen molar-refractivity contribution in [3.8, 4) is 10.4 Å². The van der Waals surface area contributed by atoms with Gasteiger partial charge in [-0.2, -0.15) is 8.62 Å². The van der Waals surface area contributed by atoms with Gasteiger partial charge in [0, 0.05) is 16.6 Å². The molecule has 0 aromatic carbocycles. The van der Waals surface area contributed by atoms with Gasteiger partial charge in [0.1, 0.15) is 23.8 Å². The van der Waals surface area contributed by atoms with Crippen LogP contribution in [-0.2, 0) is 31.6 Å². The van der Waals surface area contributed by atoms with Crippen molar-refractivity contribution in [2.75, 3.05) is 6.61 Å². The Hall–Kier alpha value is -1.39. The second-order valence-electron chi connectivity index (χ2n) is 7.09. The van der Waals surface area contributed by atoms with Crippen LogP contribution < -0.4 is 0 Å². The zero-order chi connectivity index (χ0) is 25.6. The maximum Gasteiger partial charge on any atom is 0.490 e. The molecule has 0 bridgehead atoms. The van der Waals surface area contributed by atoms with Crippen LogP contribution in [-0.4, -0.2) is 69.2 Å². The van der Waals surface area contributed by atoms with Gasteiger partial charge in [-0.1, -0.05) is 6.07 Å². The number of rotatable bonds is 9. The summed E-state index contributed by atoms with van der Waals surface area (Å²) in [6.45, 7) is -0.932. The average molecular weight is 573 g/mol. The fraction of sp³-hybridized carbons (Fsp3) is 0.333. The van der Waals surface area contributed by atoms with Crippen molar-refractivity contribution in [3.05, 3.63) is 36.1 Å². The molecule has 1 aliphatic heterocycles. The minimum absolute atomic E-state index is 0.320. The van der Waals surface area contributed by atoms with Gasteiger partial charge in [-0.15, -0.1) is 11.3 Å². The lowest BCUT2D eigenvalue weighted by molar-refractivity contribution is -0.0503. The van der Waals surface area contributed by atoms with Crippen LogP contribution in [0.2, 0.25) is 0 Å². The summed E-state index contributed by atoms with van der Waals surface area (Å²) in [7, 11) is -16.7. The number of hydrogen-bond donors (Lipinski definition) is 6. The number of thiophene rings is 1. The summed E-state index contributed by atoms with van der Waals surface area (Å²) in [5, 5.41) is 22.7. The molecule has 0 radical (unpaired) electrons. The Morgan fingerprint density at radius 3 is 2.43 bits per heavy atom. The largest absolute Gasteiger partial charge is 0.490 e. The molecule has 3 aromatic heterocycles. The minimum atomic E-state index is -5.70. The molecule has 2 unspecified atom stereocenters. The van der Waals surface area contributed by atoms with Crippen LogP contribution in [0.3, 0.4) is 0 Å². The summed E-state index contributed by atoms with van der Waals surface area (Å²) in [4.78, 5) is 45.4. The fourth-order valence-corrected chi connectivity index (χ4v) is 7.10. The van der Waals surface area contributed by atoms with Crippen molar-refractivity contribution in [3.63, 3.8) is 0 Å². The van der Waals surface area contributed by atoms with Crippen LogP contribution in [0.1, 0.15) is 6.23 Å². The van der Waals surface area contributed by atoms with E-state index in [1.165, 1.54) is 28.4 Å². The zero-order valence-corrected chi connectivity index (χ0v) is 20.6. The van der Waals surface area contributed by atoms with Crippen LogP contribution in [0.5, 0.6) is 0 Å². The lowest BCUT2D eigenvalue weighted by Crippen LogP contribution is -2.33. The van der Waals surface area contributed by atoms with Gasteiger partial charge in [0.15, 0.2) is 11.9 Å². The summed E-state index contributed by atoms with van der Waals surface area (Å²) in [6.07, 6.45) is -3.02. The Bertz CT molecular complexity index is 1340. The third kappa shape index (κ3) is 6.13. The second kappa shape index (κ2) is 9.82. The summed E-state index contributed by atoms with van der Waals surface area (Å²) in [5.41, 5.74) is 1.60. The second-order valence-corrected chi connectivity index (χ2v) is 12.5. The van der Waals surface area contributed by atoms with Crippen LogP contribution >= 0.6 is 34.8 Å². The molecule has 6 N–H and O–H groups in total. The highest BCUT2D eigenvalue weighted by atomic mass is 32.1. The van der Waals surface area contributed by atoms with E-state index in [9.17, 15) is 33.7 Å². The van der Waals surface area contributed by atoms with Gasteiger partial charge in [0.2, 0.25) is 0 Å². The van der Waals surface area contributed by atoms with E-state index in [2.05, 4.69) is 23.1 Å². The number of nitrogens with zero attached hydrogens (tertiary/aromatic N) is 3. The van der Waals surface area contributed by atoms with Crippen molar-refractivity contribution in [2.45, 2.75) is 24.5 Å². The van der Waals surface area contributed by atoms with Gasteiger partial charge < -0.3 is 34.5 Å². The summed E-state index contributed by atoms with van der Waals surface area (Å²) < 4.78 is 52.7. The molecule has 1 aliphatic rings. The lowest BCUT2D eigenvalue weighted by atomic mass is 10.1. The van der Waals surface area contributed by atoms with E-state index < -0.39 is 54.6 Å². The summed E-state index contributed by atoms with van der Waals surface area (Å²) in [6, 6.07) is 5.52. The van der Waals surface area contributed by atoms with Crippen LogP contribution in [0.4, 0.5) is 0 Å². The van der Waals surface area contributed by atoms with Gasteiger partial charge in [0.25, 0.3) is 0 Å². The van der Waals surface area contributed by atoms with Gasteiger partial charge in [-0.3, -0.25) is 9.09 Å². The number of aromatic nitrogens is 3. The molecule has 4 heterocycles. The highest BCUT2D eigenvalue weighted by Gasteiger charge is 2.47. The maximum absolute atomic E-state index is 11.9. The lowest BCUT2D eigenvalue weighted by Gasteiger charge is -2.19. The Labute approximate surface area is 199 Å². The van der Waals surface area contributed by atoms with E-state index in [0.717, 1.165) is 10.4 Å². The number of fused-ring (bicyclic) bond motifs is 1. The highest BCUT2D eigenvalue weighted by molar-refractivity contribution is 7.66. The molecule has 3 aromatic rings. The molecule has 192 valence electrons. The SMILES string of the molecule is O=P(O)(O)OP(=O)(O)OP(=O)(O)OC[C@H]1O[C@@H](n2cnc3c(-c4cccs4)ccnc32)[C@H](O)[C@@H]1O. The summed E-state index contributed by atoms with van der Waals surface area (Å²) in [5.74, 6) is 0. The molecule has 0 aliphatic carbocycles. The predicted octanol–water partition coefficient (Wildman–Crippen LogP) is 1.12. The van der Waals surface area contributed by atoms with Gasteiger partial charge in [-0.05, 0) is 17.5 Å². The predicted molar refractivity (Wildman–Crippen MR) is 117 cm³/mol. The van der Waals surface area contributed by atoms with Gasteiger partial charge >= 0.3 is 23.5 Å². The molecule has 0 spiro atoms. The minimum Gasteiger partial charge on any atom is -0.387 e. The van der Waals surface area contributed by atoms with E-state index in [0.29, 0.717) is 11.2 Å². The number of aliphatic hydroxyl groups is 2. The Morgan fingerprint density at radius 2 is 1.77 bits per heavy atom. The topological polar surface area (TPSA) is 240 Å². The molecule has 0 saturated carbocycles. The molecule has 1 fully saturated rings. The van der Waals surface area contributed by atoms with Crippen molar-refractivity contribution in [1.82, 2.24) is 14.5 Å². The smallest absolute Gasteiger partial charge is 0.387 e. The highest BCUT2D eigenvalue weighted by Crippen LogP contribution is 2.66. The number of imidazole rings is 1. The van der Waals surface area contributed by atoms with Gasteiger partial charge in [0.05, 0.1) is 12.9 Å². The molecule has 16 nitrogen and oxygen atoms in total. The van der Waals surface area contributed by atoms with Crippen molar-refractivity contribution in [1.29, 1.82) is 0 Å². The monoisotopic (exact) mass is 573 g/mol. The van der Waals surface area contributed by atoms with Crippen LogP contribution in [0.15, 0.2) is 36.1 Å². The molecule has 0 amide bonds. The molecular weight excluding hydrogens is 555 g/mol. The number of pyridine rings is 1. The molecule has 35 heavy (non-hydrogen) atoms. The fourth-order valence-electron chi connectivity index (χ4n) is 3.32. The maximum atomic E-state index is 11.9.